The highest BCUT2D eigenvalue weighted by Crippen LogP contribution is 1.99. The first kappa shape index (κ1) is 13.2. The summed E-state index contributed by atoms with van der Waals surface area (Å²) in [5.41, 5.74) is 4.39. The first-order valence-corrected chi connectivity index (χ1v) is 5.17. The topological polar surface area (TPSA) is 67.2 Å². The van der Waals surface area contributed by atoms with Gasteiger partial charge in [0.1, 0.15) is 5.54 Å². The van der Waals surface area contributed by atoms with E-state index in [1.807, 2.05) is 0 Å². The molecule has 0 saturated heterocycles. The molecule has 0 aliphatic carbocycles. The lowest BCUT2D eigenvalue weighted by molar-refractivity contribution is -0.122. The van der Waals surface area contributed by atoms with Crippen molar-refractivity contribution in [3.05, 3.63) is 0 Å². The number of unbranched alkanes of at least 4 members (excludes halogenated alkanes) is 1. The molecular weight excluding hydrogens is 198 g/mol. The van der Waals surface area contributed by atoms with Gasteiger partial charge < -0.3 is 16.4 Å². The second kappa shape index (κ2) is 5.80. The largest absolute Gasteiger partial charge is 0.368 e. The van der Waals surface area contributed by atoms with Crippen LogP contribution >= 0.6 is 12.2 Å². The van der Waals surface area contributed by atoms with Gasteiger partial charge in [-0.3, -0.25) is 4.79 Å². The van der Waals surface area contributed by atoms with Gasteiger partial charge in [-0.05, 0) is 32.5 Å². The van der Waals surface area contributed by atoms with Crippen LogP contribution in [0, 0.1) is 0 Å². The monoisotopic (exact) mass is 217 g/mol. The van der Waals surface area contributed by atoms with Crippen LogP contribution in [0.15, 0.2) is 0 Å². The quantitative estimate of drug-likeness (QED) is 0.464. The van der Waals surface area contributed by atoms with Crippen LogP contribution in [0.2, 0.25) is 0 Å². The molecule has 0 saturated carbocycles. The lowest BCUT2D eigenvalue weighted by Gasteiger charge is -2.24. The smallest absolute Gasteiger partial charge is 0.242 e. The molecular formula is C9H19N3OS. The molecule has 0 aromatic carbocycles. The van der Waals surface area contributed by atoms with Gasteiger partial charge >= 0.3 is 0 Å². The first-order valence-electron chi connectivity index (χ1n) is 4.76. The number of rotatable bonds is 5. The van der Waals surface area contributed by atoms with E-state index in [-0.39, 0.29) is 0 Å². The van der Waals surface area contributed by atoms with Crippen LogP contribution in [0.4, 0.5) is 0 Å². The van der Waals surface area contributed by atoms with Gasteiger partial charge in [-0.25, -0.2) is 0 Å². The van der Waals surface area contributed by atoms with Crippen molar-refractivity contribution in [1.82, 2.24) is 10.6 Å². The molecule has 0 aromatic heterocycles. The molecule has 0 heterocycles. The Kier molecular flexibility index (Phi) is 5.45. The standard InChI is InChI=1S/C9H19N3OS/c1-4-5-6-11-8(14)12-9(2,3)7(10)13/h4-6H2,1-3H3,(H2,10,13)(H2,11,12,14). The zero-order valence-electron chi connectivity index (χ0n) is 9.02. The van der Waals surface area contributed by atoms with Crippen LogP contribution in [-0.2, 0) is 4.79 Å². The Morgan fingerprint density at radius 3 is 2.50 bits per heavy atom. The summed E-state index contributed by atoms with van der Waals surface area (Å²) in [6.45, 7) is 6.31. The molecule has 0 aliphatic heterocycles. The van der Waals surface area contributed by atoms with Gasteiger partial charge in [0.25, 0.3) is 0 Å². The van der Waals surface area contributed by atoms with E-state index in [0.717, 1.165) is 19.4 Å². The van der Waals surface area contributed by atoms with Crippen molar-refractivity contribution in [3.63, 3.8) is 0 Å². The summed E-state index contributed by atoms with van der Waals surface area (Å²) in [6.07, 6.45) is 2.16. The summed E-state index contributed by atoms with van der Waals surface area (Å²) in [5.74, 6) is -0.419. The summed E-state index contributed by atoms with van der Waals surface area (Å²) < 4.78 is 0. The van der Waals surface area contributed by atoms with Crippen LogP contribution in [0.3, 0.4) is 0 Å². The molecule has 0 aromatic rings. The van der Waals surface area contributed by atoms with Crippen molar-refractivity contribution in [1.29, 1.82) is 0 Å². The Morgan fingerprint density at radius 1 is 1.50 bits per heavy atom. The summed E-state index contributed by atoms with van der Waals surface area (Å²) in [4.78, 5) is 11.0. The van der Waals surface area contributed by atoms with Crippen LogP contribution in [0.25, 0.3) is 0 Å². The summed E-state index contributed by atoms with van der Waals surface area (Å²) in [7, 11) is 0. The van der Waals surface area contributed by atoms with Crippen LogP contribution in [0.5, 0.6) is 0 Å². The number of carbonyl (C=O) groups excluding carboxylic acids is 1. The molecule has 4 nitrogen and oxygen atoms in total. The van der Waals surface area contributed by atoms with Crippen molar-refractivity contribution >= 4 is 23.2 Å². The van der Waals surface area contributed by atoms with Crippen LogP contribution < -0.4 is 16.4 Å². The average Bonchev–Trinajstić information content (AvgIpc) is 2.03. The maximum atomic E-state index is 11.0. The predicted molar refractivity (Wildman–Crippen MR) is 61.9 cm³/mol. The van der Waals surface area contributed by atoms with Crippen molar-refractivity contribution in [2.75, 3.05) is 6.54 Å². The molecule has 0 atom stereocenters. The minimum absolute atomic E-state index is 0.419. The number of nitrogens with one attached hydrogen (secondary N) is 2. The van der Waals surface area contributed by atoms with Gasteiger partial charge in [0.15, 0.2) is 5.11 Å². The number of primary amides is 1. The maximum absolute atomic E-state index is 11.0. The molecule has 0 spiro atoms. The van der Waals surface area contributed by atoms with Gasteiger partial charge in [0.2, 0.25) is 5.91 Å². The summed E-state index contributed by atoms with van der Waals surface area (Å²) >= 11 is 5.00. The molecule has 0 fully saturated rings. The fourth-order valence-corrected chi connectivity index (χ4v) is 1.13. The van der Waals surface area contributed by atoms with Crippen molar-refractivity contribution in [2.45, 2.75) is 39.2 Å². The van der Waals surface area contributed by atoms with Crippen LogP contribution in [0.1, 0.15) is 33.6 Å². The van der Waals surface area contributed by atoms with Gasteiger partial charge in [0, 0.05) is 6.54 Å². The molecule has 4 N–H and O–H groups in total. The molecule has 0 bridgehead atoms. The highest BCUT2D eigenvalue weighted by atomic mass is 32.1. The van der Waals surface area contributed by atoms with Crippen LogP contribution in [-0.4, -0.2) is 23.1 Å². The van der Waals surface area contributed by atoms with E-state index in [4.69, 9.17) is 18.0 Å². The first-order chi connectivity index (χ1) is 6.40. The molecule has 1 amide bonds. The Bertz CT molecular complexity index is 216. The molecule has 14 heavy (non-hydrogen) atoms. The summed E-state index contributed by atoms with van der Waals surface area (Å²) in [6, 6.07) is 0. The zero-order valence-corrected chi connectivity index (χ0v) is 9.83. The van der Waals surface area contributed by atoms with Crippen molar-refractivity contribution < 1.29 is 4.79 Å². The number of hydrogen-bond acceptors (Lipinski definition) is 2. The number of amides is 1. The fourth-order valence-electron chi connectivity index (χ4n) is 0.768. The normalized spacial score (nSPS) is 10.8. The highest BCUT2D eigenvalue weighted by Gasteiger charge is 2.24. The van der Waals surface area contributed by atoms with E-state index in [1.54, 1.807) is 13.8 Å². The minimum atomic E-state index is -0.795. The Balaban J connectivity index is 3.88. The van der Waals surface area contributed by atoms with E-state index < -0.39 is 11.4 Å². The minimum Gasteiger partial charge on any atom is -0.368 e. The molecule has 0 unspecified atom stereocenters. The maximum Gasteiger partial charge on any atom is 0.242 e. The number of hydrogen-bond donors (Lipinski definition) is 3. The molecule has 5 heteroatoms. The van der Waals surface area contributed by atoms with Gasteiger partial charge in [-0.2, -0.15) is 0 Å². The SMILES string of the molecule is CCCCNC(=S)NC(C)(C)C(N)=O. The third-order valence-corrected chi connectivity index (χ3v) is 2.10. The van der Waals surface area contributed by atoms with E-state index in [2.05, 4.69) is 17.6 Å². The summed E-state index contributed by atoms with van der Waals surface area (Å²) in [5, 5.41) is 6.34. The van der Waals surface area contributed by atoms with Gasteiger partial charge in [0.05, 0.1) is 0 Å². The average molecular weight is 217 g/mol. The second-order valence-electron chi connectivity index (χ2n) is 3.72. The lowest BCUT2D eigenvalue weighted by atomic mass is 10.1. The Morgan fingerprint density at radius 2 is 2.07 bits per heavy atom. The Hall–Kier alpha value is -0.840. The van der Waals surface area contributed by atoms with E-state index in [0.29, 0.717) is 5.11 Å². The predicted octanol–water partition coefficient (Wildman–Crippen LogP) is 0.514. The van der Waals surface area contributed by atoms with Gasteiger partial charge in [-0.1, -0.05) is 13.3 Å². The molecule has 0 radical (unpaired) electrons. The molecule has 0 rings (SSSR count). The highest BCUT2D eigenvalue weighted by molar-refractivity contribution is 7.80. The number of nitrogens with two attached hydrogens (primary N) is 1. The second-order valence-corrected chi connectivity index (χ2v) is 4.13. The number of carbonyl (C=O) groups is 1. The third kappa shape index (κ3) is 5.01. The van der Waals surface area contributed by atoms with Gasteiger partial charge in [-0.15, -0.1) is 0 Å². The molecule has 82 valence electrons. The third-order valence-electron chi connectivity index (χ3n) is 1.86. The number of thiocarbonyl (C=S) groups is 1. The zero-order chi connectivity index (χ0) is 11.2. The Labute approximate surface area is 90.6 Å². The van der Waals surface area contributed by atoms with E-state index in [1.165, 1.54) is 0 Å². The van der Waals surface area contributed by atoms with E-state index in [9.17, 15) is 4.79 Å². The fraction of sp³-hybridized carbons (Fsp3) is 0.778. The lowest BCUT2D eigenvalue weighted by Crippen LogP contribution is -2.55. The van der Waals surface area contributed by atoms with Crippen molar-refractivity contribution in [3.8, 4) is 0 Å². The molecule has 0 aliphatic rings. The van der Waals surface area contributed by atoms with E-state index >= 15 is 0 Å². The van der Waals surface area contributed by atoms with Crippen molar-refractivity contribution in [2.24, 2.45) is 5.73 Å².